The summed E-state index contributed by atoms with van der Waals surface area (Å²) < 4.78 is 42.5. The van der Waals surface area contributed by atoms with Crippen LogP contribution in [-0.2, 0) is 38.5 Å². The number of hydrogen-bond donors (Lipinski definition) is 0. The Labute approximate surface area is 270 Å². The first kappa shape index (κ1) is 34.7. The largest absolute Gasteiger partial charge is 0.497 e. The zero-order chi connectivity index (χ0) is 32.6. The second-order valence-corrected chi connectivity index (χ2v) is 17.8. The topological polar surface area (TPSA) is 64.6 Å². The predicted molar refractivity (Wildman–Crippen MR) is 181 cm³/mol. The van der Waals surface area contributed by atoms with Gasteiger partial charge in [-0.1, -0.05) is 69.3 Å². The molecule has 244 valence electrons. The van der Waals surface area contributed by atoms with Crippen LogP contribution in [0.1, 0.15) is 49.9 Å². The number of benzene rings is 3. The standard InChI is InChI=1S/C37H50O7Si/c1-26-35(41-23-27-13-18-30(38-5)19-14-27)36(42-24-28-15-20-31(39-6)21-16-28)34(44-26)22-17-29-11-10-12-33(40-7)32(29)25-43-45(8,9)37(2,3)4/h10-22,26,34-36H,23-25H2,1-9H3/b22-17+/t26-,34+,35-,36+/m0/s1. The number of rotatable bonds is 14. The summed E-state index contributed by atoms with van der Waals surface area (Å²) in [7, 11) is 3.06. The van der Waals surface area contributed by atoms with E-state index in [-0.39, 0.29) is 29.5 Å². The monoisotopic (exact) mass is 634 g/mol. The van der Waals surface area contributed by atoms with E-state index < -0.39 is 8.32 Å². The van der Waals surface area contributed by atoms with Gasteiger partial charge in [-0.3, -0.25) is 0 Å². The quantitative estimate of drug-likeness (QED) is 0.166. The fraction of sp³-hybridized carbons (Fsp3) is 0.459. The minimum Gasteiger partial charge on any atom is -0.497 e. The van der Waals surface area contributed by atoms with Gasteiger partial charge in [-0.05, 0) is 72.1 Å². The highest BCUT2D eigenvalue weighted by Crippen LogP contribution is 2.38. The second-order valence-electron chi connectivity index (χ2n) is 13.0. The van der Waals surface area contributed by atoms with E-state index in [9.17, 15) is 0 Å². The van der Waals surface area contributed by atoms with Crippen LogP contribution in [0.3, 0.4) is 0 Å². The molecule has 7 nitrogen and oxygen atoms in total. The summed E-state index contributed by atoms with van der Waals surface area (Å²) in [5, 5.41) is 0.105. The summed E-state index contributed by atoms with van der Waals surface area (Å²) in [5.41, 5.74) is 4.15. The van der Waals surface area contributed by atoms with E-state index in [1.165, 1.54) is 0 Å². The Balaban J connectivity index is 1.56. The SMILES string of the molecule is COc1ccc(CO[C@@H]2[C@H](OCc3ccc(OC)cc3)[C@@H](/C=C/c3cccc(OC)c3CO[Si](C)(C)C(C)(C)C)O[C@H]2C)cc1. The highest BCUT2D eigenvalue weighted by atomic mass is 28.4. The van der Waals surface area contributed by atoms with E-state index in [1.54, 1.807) is 21.3 Å². The van der Waals surface area contributed by atoms with Crippen molar-refractivity contribution in [3.05, 3.63) is 95.1 Å². The van der Waals surface area contributed by atoms with Gasteiger partial charge in [-0.15, -0.1) is 0 Å². The molecule has 45 heavy (non-hydrogen) atoms. The Kier molecular flexibility index (Phi) is 11.9. The lowest BCUT2D eigenvalue weighted by atomic mass is 10.0. The van der Waals surface area contributed by atoms with Crippen LogP contribution in [0.25, 0.3) is 6.08 Å². The smallest absolute Gasteiger partial charge is 0.192 e. The van der Waals surface area contributed by atoms with Gasteiger partial charge in [-0.25, -0.2) is 0 Å². The van der Waals surface area contributed by atoms with Crippen molar-refractivity contribution in [2.24, 2.45) is 0 Å². The Morgan fingerprint density at radius 1 is 0.733 bits per heavy atom. The normalized spacial score (nSPS) is 20.5. The average molecular weight is 635 g/mol. The first-order chi connectivity index (χ1) is 21.5. The molecule has 0 aliphatic carbocycles. The maximum Gasteiger partial charge on any atom is 0.192 e. The molecule has 0 N–H and O–H groups in total. The van der Waals surface area contributed by atoms with E-state index in [2.05, 4.69) is 52.1 Å². The molecule has 0 aromatic heterocycles. The van der Waals surface area contributed by atoms with Crippen LogP contribution in [-0.4, -0.2) is 54.1 Å². The van der Waals surface area contributed by atoms with Crippen LogP contribution >= 0.6 is 0 Å². The minimum absolute atomic E-state index is 0.105. The van der Waals surface area contributed by atoms with Crippen molar-refractivity contribution in [3.8, 4) is 17.2 Å². The Morgan fingerprint density at radius 2 is 1.29 bits per heavy atom. The van der Waals surface area contributed by atoms with E-state index in [4.69, 9.17) is 32.8 Å². The second kappa shape index (κ2) is 15.4. The van der Waals surface area contributed by atoms with E-state index in [0.29, 0.717) is 19.8 Å². The molecule has 1 saturated heterocycles. The maximum absolute atomic E-state index is 6.62. The highest BCUT2D eigenvalue weighted by molar-refractivity contribution is 6.74. The van der Waals surface area contributed by atoms with Gasteiger partial charge in [0.05, 0.1) is 47.3 Å². The molecule has 1 aliphatic rings. The predicted octanol–water partition coefficient (Wildman–Crippen LogP) is 8.21. The molecule has 0 bridgehead atoms. The molecule has 0 radical (unpaired) electrons. The molecule has 0 spiro atoms. The fourth-order valence-corrected chi connectivity index (χ4v) is 5.95. The molecular weight excluding hydrogens is 584 g/mol. The third-order valence-corrected chi connectivity index (χ3v) is 13.4. The third kappa shape index (κ3) is 8.99. The van der Waals surface area contributed by atoms with E-state index in [1.807, 2.05) is 67.6 Å². The number of hydrogen-bond acceptors (Lipinski definition) is 7. The van der Waals surface area contributed by atoms with Gasteiger partial charge in [0.2, 0.25) is 0 Å². The summed E-state index contributed by atoms with van der Waals surface area (Å²) in [6.07, 6.45) is 3.09. The van der Waals surface area contributed by atoms with Crippen molar-refractivity contribution in [2.45, 2.75) is 90.1 Å². The Hall–Kier alpha value is -3.14. The van der Waals surface area contributed by atoms with Crippen molar-refractivity contribution >= 4 is 14.4 Å². The molecule has 1 aliphatic heterocycles. The van der Waals surface area contributed by atoms with Gasteiger partial charge in [0, 0.05) is 5.56 Å². The van der Waals surface area contributed by atoms with Gasteiger partial charge in [0.25, 0.3) is 0 Å². The number of ether oxygens (including phenoxy) is 6. The van der Waals surface area contributed by atoms with Crippen LogP contribution in [0.5, 0.6) is 17.2 Å². The van der Waals surface area contributed by atoms with Crippen molar-refractivity contribution < 1.29 is 32.8 Å². The molecule has 3 aromatic rings. The summed E-state index contributed by atoms with van der Waals surface area (Å²) >= 11 is 0. The van der Waals surface area contributed by atoms with Gasteiger partial charge in [0.1, 0.15) is 35.6 Å². The molecule has 3 aromatic carbocycles. The summed E-state index contributed by atoms with van der Waals surface area (Å²) in [6, 6.07) is 21.9. The van der Waals surface area contributed by atoms with Crippen LogP contribution in [0.2, 0.25) is 18.1 Å². The first-order valence-corrected chi connectivity index (χ1v) is 18.5. The molecule has 1 fully saturated rings. The zero-order valence-corrected chi connectivity index (χ0v) is 29.3. The maximum atomic E-state index is 6.62. The molecule has 0 unspecified atom stereocenters. The molecule has 1 heterocycles. The molecule has 0 amide bonds. The van der Waals surface area contributed by atoms with Gasteiger partial charge in [0.15, 0.2) is 8.32 Å². The summed E-state index contributed by atoms with van der Waals surface area (Å²) in [6.45, 7) is 14.7. The number of methoxy groups -OCH3 is 3. The lowest BCUT2D eigenvalue weighted by molar-refractivity contribution is -0.0738. The summed E-state index contributed by atoms with van der Waals surface area (Å²) in [5.74, 6) is 2.43. The minimum atomic E-state index is -1.97. The fourth-order valence-electron chi connectivity index (χ4n) is 5.01. The highest BCUT2D eigenvalue weighted by Gasteiger charge is 2.43. The third-order valence-electron chi connectivity index (χ3n) is 8.92. The van der Waals surface area contributed by atoms with Crippen molar-refractivity contribution in [1.29, 1.82) is 0 Å². The molecular formula is C37H50O7Si. The first-order valence-electron chi connectivity index (χ1n) is 15.6. The van der Waals surface area contributed by atoms with Crippen LogP contribution in [0, 0.1) is 0 Å². The Bertz CT molecular complexity index is 1380. The molecule has 4 rings (SSSR count). The van der Waals surface area contributed by atoms with Crippen molar-refractivity contribution in [2.75, 3.05) is 21.3 Å². The van der Waals surface area contributed by atoms with Crippen LogP contribution in [0.4, 0.5) is 0 Å². The van der Waals surface area contributed by atoms with Crippen molar-refractivity contribution in [3.63, 3.8) is 0 Å². The lowest BCUT2D eigenvalue weighted by Gasteiger charge is -2.36. The average Bonchev–Trinajstić information content (AvgIpc) is 3.33. The van der Waals surface area contributed by atoms with Gasteiger partial charge >= 0.3 is 0 Å². The molecule has 0 saturated carbocycles. The Morgan fingerprint density at radius 3 is 1.80 bits per heavy atom. The van der Waals surface area contributed by atoms with E-state index in [0.717, 1.165) is 39.5 Å². The molecule has 4 atom stereocenters. The lowest BCUT2D eigenvalue weighted by Crippen LogP contribution is -2.40. The van der Waals surface area contributed by atoms with Gasteiger partial charge in [-0.2, -0.15) is 0 Å². The summed E-state index contributed by atoms with van der Waals surface area (Å²) in [4.78, 5) is 0. The van der Waals surface area contributed by atoms with E-state index >= 15 is 0 Å². The van der Waals surface area contributed by atoms with Crippen molar-refractivity contribution in [1.82, 2.24) is 0 Å². The van der Waals surface area contributed by atoms with Crippen LogP contribution in [0.15, 0.2) is 72.8 Å². The molecule has 8 heteroatoms. The van der Waals surface area contributed by atoms with Crippen LogP contribution < -0.4 is 14.2 Å². The van der Waals surface area contributed by atoms with Gasteiger partial charge < -0.3 is 32.8 Å². The zero-order valence-electron chi connectivity index (χ0n) is 28.3.